The number of amides is 1. The van der Waals surface area contributed by atoms with Crippen molar-refractivity contribution in [2.24, 2.45) is 29.2 Å². The molecule has 12 heteroatoms. The number of aromatic nitrogens is 2. The van der Waals surface area contributed by atoms with Crippen molar-refractivity contribution >= 4 is 50.3 Å². The van der Waals surface area contributed by atoms with Gasteiger partial charge in [0.2, 0.25) is 0 Å². The molecule has 266 valence electrons. The second-order valence-electron chi connectivity index (χ2n) is 14.7. The number of halogens is 2. The van der Waals surface area contributed by atoms with E-state index in [-0.39, 0.29) is 33.9 Å². The smallest absolute Gasteiger partial charge is 0.285 e. The Balaban J connectivity index is 1.31. The molecule has 3 heterocycles. The van der Waals surface area contributed by atoms with Gasteiger partial charge in [0.25, 0.3) is 5.91 Å². The van der Waals surface area contributed by atoms with Gasteiger partial charge in [-0.15, -0.1) is 0 Å². The largest absolute Gasteiger partial charge is 0.490 e. The fraction of sp³-hybridized carbons (Fsp3) is 0.500. The van der Waals surface area contributed by atoms with Crippen molar-refractivity contribution in [3.05, 3.63) is 87.2 Å². The highest BCUT2D eigenvalue weighted by Crippen LogP contribution is 2.47. The third-order valence-corrected chi connectivity index (χ3v) is 13.8. The van der Waals surface area contributed by atoms with E-state index in [2.05, 4.69) is 38.6 Å². The molecule has 6 atom stereocenters. The lowest BCUT2D eigenvalue weighted by Gasteiger charge is -2.46. The van der Waals surface area contributed by atoms with Gasteiger partial charge >= 0.3 is 0 Å². The van der Waals surface area contributed by atoms with Crippen LogP contribution in [0.25, 0.3) is 0 Å². The van der Waals surface area contributed by atoms with Crippen LogP contribution in [0, 0.1) is 17.8 Å². The van der Waals surface area contributed by atoms with Crippen LogP contribution in [0.2, 0.25) is 10.2 Å². The van der Waals surface area contributed by atoms with Crippen molar-refractivity contribution in [3.63, 3.8) is 0 Å². The van der Waals surface area contributed by atoms with Gasteiger partial charge in [-0.2, -0.15) is 9.46 Å². The van der Waals surface area contributed by atoms with Gasteiger partial charge in [-0.1, -0.05) is 48.3 Å². The molecular formula is C38H44Cl2N4O5S. The number of carbonyl (C=O) groups is 2. The Kier molecular flexibility index (Phi) is 9.93. The molecule has 50 heavy (non-hydrogen) atoms. The lowest BCUT2D eigenvalue weighted by molar-refractivity contribution is 0.0131. The maximum Gasteiger partial charge on any atom is 0.285 e. The Bertz CT molecular complexity index is 1970. The van der Waals surface area contributed by atoms with E-state index in [9.17, 15) is 13.8 Å². The van der Waals surface area contributed by atoms with Crippen LogP contribution >= 0.6 is 23.2 Å². The highest BCUT2D eigenvalue weighted by Gasteiger charge is 2.44. The minimum absolute atomic E-state index is 0.0308. The third-order valence-electron chi connectivity index (χ3n) is 11.0. The molecule has 0 unspecified atom stereocenters. The standard InChI is InChI=1S/C38H44Cl2N4O5S/c1-24-6-4-8-34(48-3)29-12-9-27(29)18-44-22-38(15-5-7-25-16-28(39)11-13-31(25)38)23-49-35-14-10-26(17-32(35)44)37(46)42-50(47,20-24)21-33(45)30-19-43(2)41-36(30)40/h4,8,10-11,13-14,16-17,19,24,27,29,34H,5-7,9,12,15,18,20-23H2,1-3H3/b8-4+/t24-,27-,29+,34-,38-,50+/m0/s1. The molecular weight excluding hydrogens is 695 g/mol. The van der Waals surface area contributed by atoms with Gasteiger partial charge in [0, 0.05) is 55.2 Å². The number of hydrogen-bond donors (Lipinski definition) is 0. The average Bonchev–Trinajstić information content (AvgIpc) is 3.33. The number of nitrogens with zero attached hydrogens (tertiary/aromatic N) is 4. The van der Waals surface area contributed by atoms with E-state index in [0.717, 1.165) is 55.9 Å². The molecule has 3 aromatic rings. The average molecular weight is 740 g/mol. The molecule has 1 aromatic heterocycles. The zero-order chi connectivity index (χ0) is 35.2. The van der Waals surface area contributed by atoms with E-state index in [4.69, 9.17) is 32.7 Å². The normalized spacial score (nSPS) is 30.3. The molecule has 0 radical (unpaired) electrons. The van der Waals surface area contributed by atoms with Crippen LogP contribution in [0.15, 0.2) is 59.1 Å². The van der Waals surface area contributed by atoms with E-state index in [0.29, 0.717) is 36.2 Å². The van der Waals surface area contributed by atoms with E-state index >= 15 is 0 Å². The van der Waals surface area contributed by atoms with E-state index < -0.39 is 27.2 Å². The van der Waals surface area contributed by atoms with Crippen molar-refractivity contribution in [3.8, 4) is 5.75 Å². The van der Waals surface area contributed by atoms with Crippen molar-refractivity contribution in [1.29, 1.82) is 0 Å². The number of aryl methyl sites for hydroxylation is 2. The molecule has 0 saturated heterocycles. The molecule has 1 amide bonds. The van der Waals surface area contributed by atoms with Gasteiger partial charge in [0.1, 0.15) is 5.75 Å². The second kappa shape index (κ2) is 14.1. The number of allylic oxidation sites excluding steroid dienone is 1. The van der Waals surface area contributed by atoms with Crippen LogP contribution in [0.3, 0.4) is 0 Å². The first-order valence-corrected chi connectivity index (χ1v) is 20.1. The second-order valence-corrected chi connectivity index (χ2v) is 17.8. The Morgan fingerprint density at radius 2 is 2.02 bits per heavy atom. The molecule has 0 N–H and O–H groups in total. The minimum atomic E-state index is -3.34. The number of Topliss-reactive ketones (excluding diaryl/α,β-unsaturated/α-hetero) is 1. The summed E-state index contributed by atoms with van der Waals surface area (Å²) in [4.78, 5) is 29.8. The van der Waals surface area contributed by atoms with Gasteiger partial charge in [0.15, 0.2) is 10.9 Å². The number of anilines is 1. The number of fused-ring (bicyclic) bond motifs is 4. The van der Waals surface area contributed by atoms with E-state index in [1.165, 1.54) is 22.0 Å². The topological polar surface area (TPSA) is 103 Å². The van der Waals surface area contributed by atoms with Crippen LogP contribution in [0.5, 0.6) is 5.75 Å². The minimum Gasteiger partial charge on any atom is -0.490 e. The van der Waals surface area contributed by atoms with Crippen molar-refractivity contribution in [1.82, 2.24) is 9.78 Å². The van der Waals surface area contributed by atoms with Crippen molar-refractivity contribution in [2.45, 2.75) is 57.0 Å². The maximum absolute atomic E-state index is 14.6. The van der Waals surface area contributed by atoms with Gasteiger partial charge < -0.3 is 14.4 Å². The molecule has 1 fully saturated rings. The number of ketones is 1. The van der Waals surface area contributed by atoms with Crippen LogP contribution in [-0.4, -0.2) is 70.1 Å². The molecule has 2 bridgehead atoms. The SMILES string of the molecule is CO[C@H]1/C=C/C[C@H](C)C[S@@](=O)(CC(=O)c2cn(C)nc2Cl)=NC(=O)c2ccc3c(c2)N(C[C@@H]2CC[C@H]21)C[C@@]1(CCCc2cc(Cl)ccc21)CO3. The summed E-state index contributed by atoms with van der Waals surface area (Å²) in [5, 5.41) is 4.83. The molecule has 4 aliphatic rings. The van der Waals surface area contributed by atoms with Crippen LogP contribution in [-0.2, 0) is 33.3 Å². The number of benzene rings is 2. The fourth-order valence-corrected chi connectivity index (χ4v) is 11.1. The van der Waals surface area contributed by atoms with Crippen LogP contribution in [0.4, 0.5) is 5.69 Å². The number of carbonyl (C=O) groups excluding carboxylic acids is 2. The zero-order valence-electron chi connectivity index (χ0n) is 28.8. The summed E-state index contributed by atoms with van der Waals surface area (Å²) in [6.07, 6.45) is 11.4. The van der Waals surface area contributed by atoms with Gasteiger partial charge in [-0.25, -0.2) is 4.21 Å². The Labute approximate surface area is 304 Å². The number of ether oxygens (including phenoxy) is 2. The molecule has 2 aliphatic carbocycles. The molecule has 1 spiro atoms. The van der Waals surface area contributed by atoms with Crippen molar-refractivity contribution < 1.29 is 23.3 Å². The number of hydrogen-bond acceptors (Lipinski definition) is 7. The summed E-state index contributed by atoms with van der Waals surface area (Å²) >= 11 is 12.7. The lowest BCUT2D eigenvalue weighted by Crippen LogP contribution is -2.49. The first-order chi connectivity index (χ1) is 24.0. The summed E-state index contributed by atoms with van der Waals surface area (Å²) in [5.74, 6) is -0.123. The molecule has 7 rings (SSSR count). The monoisotopic (exact) mass is 738 g/mol. The molecule has 2 aromatic carbocycles. The fourth-order valence-electron chi connectivity index (χ4n) is 8.40. The summed E-state index contributed by atoms with van der Waals surface area (Å²) in [7, 11) is 0.0832. The first-order valence-electron chi connectivity index (χ1n) is 17.5. The number of rotatable bonds is 4. The van der Waals surface area contributed by atoms with Gasteiger partial charge in [0.05, 0.1) is 39.4 Å². The Morgan fingerprint density at radius 1 is 1.18 bits per heavy atom. The summed E-state index contributed by atoms with van der Waals surface area (Å²) in [6, 6.07) is 11.6. The van der Waals surface area contributed by atoms with E-state index in [1.54, 1.807) is 20.2 Å². The van der Waals surface area contributed by atoms with Crippen LogP contribution in [0.1, 0.15) is 70.9 Å². The summed E-state index contributed by atoms with van der Waals surface area (Å²) < 4.78 is 33.1. The highest BCUT2D eigenvalue weighted by atomic mass is 35.5. The van der Waals surface area contributed by atoms with Gasteiger partial charge in [-0.3, -0.25) is 14.3 Å². The molecule has 2 aliphatic heterocycles. The predicted octanol–water partition coefficient (Wildman–Crippen LogP) is 7.33. The highest BCUT2D eigenvalue weighted by molar-refractivity contribution is 7.94. The predicted molar refractivity (Wildman–Crippen MR) is 197 cm³/mol. The molecule has 9 nitrogen and oxygen atoms in total. The first kappa shape index (κ1) is 35.2. The van der Waals surface area contributed by atoms with E-state index in [1.807, 2.05) is 25.1 Å². The third kappa shape index (κ3) is 7.01. The maximum atomic E-state index is 14.6. The number of methoxy groups -OCH3 is 1. The quantitative estimate of drug-likeness (QED) is 0.204. The Hall–Kier alpha value is -3.18. The van der Waals surface area contributed by atoms with Gasteiger partial charge in [-0.05, 0) is 97.7 Å². The van der Waals surface area contributed by atoms with Crippen molar-refractivity contribution in [2.75, 3.05) is 43.2 Å². The van der Waals surface area contributed by atoms with Crippen LogP contribution < -0.4 is 9.64 Å². The lowest BCUT2D eigenvalue weighted by atomic mass is 9.68. The Morgan fingerprint density at radius 3 is 2.76 bits per heavy atom. The summed E-state index contributed by atoms with van der Waals surface area (Å²) in [6.45, 7) is 3.97. The molecule has 1 saturated carbocycles. The summed E-state index contributed by atoms with van der Waals surface area (Å²) in [5.41, 5.74) is 3.57. The zero-order valence-corrected chi connectivity index (χ0v) is 31.1.